The molecule has 0 unspecified atom stereocenters. The van der Waals surface area contributed by atoms with E-state index in [1.54, 1.807) is 0 Å². The molecule has 0 amide bonds. The van der Waals surface area contributed by atoms with E-state index in [1.165, 1.54) is 37.4 Å². The molecule has 0 radical (unpaired) electrons. The number of nitrogens with zero attached hydrogens (tertiary/aromatic N) is 5. The van der Waals surface area contributed by atoms with Crippen molar-refractivity contribution >= 4 is 39.0 Å². The van der Waals surface area contributed by atoms with Gasteiger partial charge in [-0.15, -0.1) is 11.3 Å². The van der Waals surface area contributed by atoms with Crippen LogP contribution in [0.2, 0.25) is 5.28 Å². The number of fused-ring (bicyclic) bond motifs is 1. The Bertz CT molecular complexity index is 769. The lowest BCUT2D eigenvalue weighted by Gasteiger charge is -2.32. The van der Waals surface area contributed by atoms with Crippen LogP contribution in [-0.4, -0.2) is 79.8 Å². The zero-order chi connectivity index (χ0) is 18.8. The second-order valence-electron chi connectivity index (χ2n) is 7.82. The lowest BCUT2D eigenvalue weighted by atomic mass is 9.96. The SMILES string of the molecule is CN(C)CC1CCN(Cc2cc3nc(Cl)nc(N4CCOCC4)c3s2)CC1. The minimum absolute atomic E-state index is 0.331. The third kappa shape index (κ3) is 4.71. The first-order chi connectivity index (χ1) is 13.1. The predicted molar refractivity (Wildman–Crippen MR) is 112 cm³/mol. The molecule has 4 rings (SSSR count). The highest BCUT2D eigenvalue weighted by molar-refractivity contribution is 7.19. The number of hydrogen-bond acceptors (Lipinski definition) is 7. The fraction of sp³-hybridized carbons (Fsp3) is 0.684. The summed E-state index contributed by atoms with van der Waals surface area (Å²) < 4.78 is 6.63. The van der Waals surface area contributed by atoms with Gasteiger partial charge in [-0.05, 0) is 63.6 Å². The van der Waals surface area contributed by atoms with Gasteiger partial charge in [0.1, 0.15) is 0 Å². The highest BCUT2D eigenvalue weighted by Gasteiger charge is 2.22. The Labute approximate surface area is 170 Å². The van der Waals surface area contributed by atoms with Crippen LogP contribution in [0.25, 0.3) is 10.2 Å². The number of likely N-dealkylation sites (tertiary alicyclic amines) is 1. The molecule has 0 bridgehead atoms. The largest absolute Gasteiger partial charge is 0.378 e. The van der Waals surface area contributed by atoms with E-state index in [4.69, 9.17) is 16.3 Å². The van der Waals surface area contributed by atoms with Crippen molar-refractivity contribution in [1.82, 2.24) is 19.8 Å². The van der Waals surface area contributed by atoms with Crippen LogP contribution in [0.4, 0.5) is 5.82 Å². The Morgan fingerprint density at radius 1 is 1.19 bits per heavy atom. The van der Waals surface area contributed by atoms with Gasteiger partial charge in [0, 0.05) is 31.1 Å². The zero-order valence-corrected chi connectivity index (χ0v) is 17.7. The van der Waals surface area contributed by atoms with Gasteiger partial charge in [-0.1, -0.05) is 0 Å². The van der Waals surface area contributed by atoms with E-state index in [2.05, 4.69) is 44.8 Å². The normalized spacial score (nSPS) is 20.1. The van der Waals surface area contributed by atoms with Gasteiger partial charge in [0.25, 0.3) is 0 Å². The van der Waals surface area contributed by atoms with Crippen LogP contribution in [0.15, 0.2) is 6.07 Å². The monoisotopic (exact) mass is 409 g/mol. The van der Waals surface area contributed by atoms with Crippen LogP contribution in [-0.2, 0) is 11.3 Å². The van der Waals surface area contributed by atoms with Crippen LogP contribution in [0.1, 0.15) is 17.7 Å². The number of piperidine rings is 1. The van der Waals surface area contributed by atoms with Crippen molar-refractivity contribution in [2.45, 2.75) is 19.4 Å². The predicted octanol–water partition coefficient (Wildman–Crippen LogP) is 2.95. The second kappa shape index (κ2) is 8.57. The Kier molecular flexibility index (Phi) is 6.14. The van der Waals surface area contributed by atoms with Crippen LogP contribution >= 0.6 is 22.9 Å². The van der Waals surface area contributed by atoms with E-state index < -0.39 is 0 Å². The number of hydrogen-bond donors (Lipinski definition) is 0. The maximum Gasteiger partial charge on any atom is 0.224 e. The Morgan fingerprint density at radius 2 is 1.93 bits per heavy atom. The molecule has 2 fully saturated rings. The summed E-state index contributed by atoms with van der Waals surface area (Å²) in [6, 6.07) is 2.20. The average molecular weight is 410 g/mol. The van der Waals surface area contributed by atoms with Crippen LogP contribution in [0.3, 0.4) is 0 Å². The summed E-state index contributed by atoms with van der Waals surface area (Å²) >= 11 is 8.03. The summed E-state index contributed by atoms with van der Waals surface area (Å²) in [4.78, 5) is 17.5. The maximum atomic E-state index is 6.21. The molecule has 6 nitrogen and oxygen atoms in total. The van der Waals surface area contributed by atoms with Gasteiger partial charge in [0.2, 0.25) is 5.28 Å². The molecule has 148 valence electrons. The number of thiophene rings is 1. The molecule has 27 heavy (non-hydrogen) atoms. The zero-order valence-electron chi connectivity index (χ0n) is 16.2. The Balaban J connectivity index is 1.47. The minimum Gasteiger partial charge on any atom is -0.378 e. The number of morpholine rings is 1. The van der Waals surface area contributed by atoms with Crippen LogP contribution in [0.5, 0.6) is 0 Å². The number of ether oxygens (including phenoxy) is 1. The van der Waals surface area contributed by atoms with Gasteiger partial charge in [0.15, 0.2) is 5.82 Å². The van der Waals surface area contributed by atoms with Crippen molar-refractivity contribution in [3.05, 3.63) is 16.2 Å². The van der Waals surface area contributed by atoms with Crippen molar-refractivity contribution in [1.29, 1.82) is 0 Å². The van der Waals surface area contributed by atoms with Gasteiger partial charge in [-0.2, -0.15) is 4.98 Å². The highest BCUT2D eigenvalue weighted by atomic mass is 35.5. The molecule has 8 heteroatoms. The van der Waals surface area contributed by atoms with Gasteiger partial charge in [0.05, 0.1) is 23.4 Å². The van der Waals surface area contributed by atoms with Crippen LogP contribution < -0.4 is 4.90 Å². The van der Waals surface area contributed by atoms with Crippen molar-refractivity contribution in [3.63, 3.8) is 0 Å². The van der Waals surface area contributed by atoms with E-state index in [0.29, 0.717) is 5.28 Å². The second-order valence-corrected chi connectivity index (χ2v) is 9.30. The number of anilines is 1. The molecule has 0 saturated carbocycles. The molecule has 0 N–H and O–H groups in total. The first-order valence-electron chi connectivity index (χ1n) is 9.74. The molecule has 0 atom stereocenters. The molecule has 4 heterocycles. The molecule has 2 aliphatic rings. The Morgan fingerprint density at radius 3 is 2.63 bits per heavy atom. The minimum atomic E-state index is 0.331. The van der Waals surface area contributed by atoms with E-state index in [9.17, 15) is 0 Å². The molecular formula is C19H28ClN5OS. The fourth-order valence-electron chi connectivity index (χ4n) is 4.07. The summed E-state index contributed by atoms with van der Waals surface area (Å²) in [6.45, 7) is 7.74. The summed E-state index contributed by atoms with van der Waals surface area (Å²) in [6.07, 6.45) is 2.57. The molecule has 0 aliphatic carbocycles. The van der Waals surface area contributed by atoms with Crippen LogP contribution in [0, 0.1) is 5.92 Å². The van der Waals surface area contributed by atoms with E-state index in [-0.39, 0.29) is 0 Å². The Hall–Kier alpha value is -0.990. The first-order valence-corrected chi connectivity index (χ1v) is 10.9. The van der Waals surface area contributed by atoms with Crippen molar-refractivity contribution < 1.29 is 4.74 Å². The topological polar surface area (TPSA) is 44.7 Å². The van der Waals surface area contributed by atoms with Crippen molar-refractivity contribution in [2.75, 3.05) is 64.9 Å². The van der Waals surface area contributed by atoms with E-state index in [0.717, 1.165) is 54.8 Å². The van der Waals surface area contributed by atoms with Gasteiger partial charge in [-0.25, -0.2) is 4.98 Å². The molecule has 2 saturated heterocycles. The molecule has 0 aromatic carbocycles. The number of aromatic nitrogens is 2. The summed E-state index contributed by atoms with van der Waals surface area (Å²) in [5.74, 6) is 1.80. The first kappa shape index (κ1) is 19.3. The standard InChI is InChI=1S/C19H28ClN5OS/c1-23(2)12-14-3-5-24(6-4-14)13-15-11-16-17(27-15)18(22-19(20)21-16)25-7-9-26-10-8-25/h11,14H,3-10,12-13H2,1-2H3. The highest BCUT2D eigenvalue weighted by Crippen LogP contribution is 2.34. The van der Waals surface area contributed by atoms with Crippen molar-refractivity contribution in [3.8, 4) is 0 Å². The number of halogens is 1. The fourth-order valence-corrected chi connectivity index (χ4v) is 5.39. The van der Waals surface area contributed by atoms with Crippen molar-refractivity contribution in [2.24, 2.45) is 5.92 Å². The van der Waals surface area contributed by atoms with Gasteiger partial charge in [-0.3, -0.25) is 4.90 Å². The number of rotatable bonds is 5. The van der Waals surface area contributed by atoms with Gasteiger partial charge >= 0.3 is 0 Å². The molecule has 2 aromatic heterocycles. The lowest BCUT2D eigenvalue weighted by Crippen LogP contribution is -2.36. The average Bonchev–Trinajstić information content (AvgIpc) is 3.05. The quantitative estimate of drug-likeness (QED) is 0.707. The summed E-state index contributed by atoms with van der Waals surface area (Å²) in [5, 5.41) is 0.331. The lowest BCUT2D eigenvalue weighted by molar-refractivity contribution is 0.122. The third-order valence-corrected chi connectivity index (χ3v) is 6.67. The molecular weight excluding hydrogens is 382 g/mol. The van der Waals surface area contributed by atoms with Gasteiger partial charge < -0.3 is 14.5 Å². The summed E-state index contributed by atoms with van der Waals surface area (Å²) in [5.41, 5.74) is 0.971. The molecule has 2 aliphatic heterocycles. The van der Waals surface area contributed by atoms with E-state index in [1.807, 2.05) is 11.3 Å². The third-order valence-electron chi connectivity index (χ3n) is 5.40. The van der Waals surface area contributed by atoms with E-state index >= 15 is 0 Å². The summed E-state index contributed by atoms with van der Waals surface area (Å²) in [7, 11) is 4.34. The smallest absolute Gasteiger partial charge is 0.224 e. The molecule has 2 aromatic rings. The molecule has 0 spiro atoms. The maximum absolute atomic E-state index is 6.21.